The summed E-state index contributed by atoms with van der Waals surface area (Å²) in [5.41, 5.74) is 8.87. The van der Waals surface area contributed by atoms with E-state index in [1.807, 2.05) is 17.8 Å². The van der Waals surface area contributed by atoms with Gasteiger partial charge in [-0.05, 0) is 29.7 Å². The summed E-state index contributed by atoms with van der Waals surface area (Å²) in [6.45, 7) is 2.83. The molecule has 108 valence electrons. The lowest BCUT2D eigenvalue weighted by molar-refractivity contribution is 0.475. The van der Waals surface area contributed by atoms with Crippen LogP contribution in [0.4, 0.5) is 0 Å². The third-order valence-electron chi connectivity index (χ3n) is 3.15. The van der Waals surface area contributed by atoms with Crippen molar-refractivity contribution < 1.29 is 0 Å². The Morgan fingerprint density at radius 1 is 1.55 bits per heavy atom. The second-order valence-electron chi connectivity index (χ2n) is 4.69. The van der Waals surface area contributed by atoms with Crippen molar-refractivity contribution in [1.29, 1.82) is 0 Å². The molecule has 2 N–H and O–H groups in total. The molecule has 7 heteroatoms. The van der Waals surface area contributed by atoms with Gasteiger partial charge in [-0.2, -0.15) is 5.10 Å². The van der Waals surface area contributed by atoms with Gasteiger partial charge in [0.25, 0.3) is 0 Å². The number of aryl methyl sites for hydroxylation is 1. The second-order valence-corrected chi connectivity index (χ2v) is 5.08. The number of aliphatic imine (C=N–C) groups is 1. The molecule has 0 fully saturated rings. The van der Waals surface area contributed by atoms with Crippen molar-refractivity contribution in [3.8, 4) is 0 Å². The van der Waals surface area contributed by atoms with E-state index in [1.54, 1.807) is 17.5 Å². The first-order valence-corrected chi connectivity index (χ1v) is 6.96. The minimum atomic E-state index is 0.0161. The normalized spacial score (nSPS) is 16.1. The van der Waals surface area contributed by atoms with Crippen LogP contribution in [0.15, 0.2) is 33.6 Å². The van der Waals surface area contributed by atoms with Gasteiger partial charge in [0, 0.05) is 31.1 Å². The quantitative estimate of drug-likeness (QED) is 0.511. The Kier molecular flexibility index (Phi) is 4.79. The van der Waals surface area contributed by atoms with Gasteiger partial charge in [-0.3, -0.25) is 4.68 Å². The summed E-state index contributed by atoms with van der Waals surface area (Å²) >= 11 is 5.60. The zero-order valence-corrected chi connectivity index (χ0v) is 12.5. The lowest BCUT2D eigenvalue weighted by atomic mass is 10.0. The molecule has 0 saturated carbocycles. The highest BCUT2D eigenvalue weighted by Crippen LogP contribution is 2.21. The van der Waals surface area contributed by atoms with Crippen molar-refractivity contribution in [2.45, 2.75) is 26.2 Å². The molecular formula is C13H19ClN6. The molecule has 0 atom stereocenters. The predicted molar refractivity (Wildman–Crippen MR) is 81.5 cm³/mol. The van der Waals surface area contributed by atoms with Gasteiger partial charge in [-0.1, -0.05) is 13.3 Å². The number of hydrazone groups is 1. The molecule has 0 aliphatic carbocycles. The molecule has 2 rings (SSSR count). The SMILES string of the molecule is CCCC1=C(Cc2ccnn2C)N=CN(/N=C(\N)Cl)C1. The van der Waals surface area contributed by atoms with Gasteiger partial charge in [0.15, 0.2) is 0 Å². The zero-order chi connectivity index (χ0) is 14.5. The molecule has 20 heavy (non-hydrogen) atoms. The fourth-order valence-electron chi connectivity index (χ4n) is 2.18. The third kappa shape index (κ3) is 3.60. The van der Waals surface area contributed by atoms with Crippen LogP contribution < -0.4 is 5.73 Å². The highest BCUT2D eigenvalue weighted by atomic mass is 35.5. The summed E-state index contributed by atoms with van der Waals surface area (Å²) in [5.74, 6) is 0. The number of hydrogen-bond donors (Lipinski definition) is 1. The van der Waals surface area contributed by atoms with Gasteiger partial charge in [-0.15, -0.1) is 5.10 Å². The molecule has 1 aromatic heterocycles. The third-order valence-corrected chi connectivity index (χ3v) is 3.23. The standard InChI is InChI=1S/C13H19ClN6/c1-3-4-10-8-20(18-13(14)15)9-16-12(10)7-11-5-6-17-19(11)2/h5-6,9H,3-4,7-8H2,1-2H3,(H2,15,18). The number of halogens is 1. The summed E-state index contributed by atoms with van der Waals surface area (Å²) in [6.07, 6.45) is 6.29. The van der Waals surface area contributed by atoms with Crippen LogP contribution in [-0.2, 0) is 13.5 Å². The number of amidine groups is 1. The Balaban J connectivity index is 2.18. The minimum Gasteiger partial charge on any atom is -0.373 e. The van der Waals surface area contributed by atoms with Gasteiger partial charge in [0.05, 0.1) is 6.54 Å². The van der Waals surface area contributed by atoms with Crippen molar-refractivity contribution in [3.63, 3.8) is 0 Å². The van der Waals surface area contributed by atoms with Crippen LogP contribution in [0.2, 0.25) is 0 Å². The number of rotatable bonds is 5. The molecule has 0 spiro atoms. The molecule has 0 radical (unpaired) electrons. The molecule has 1 aliphatic rings. The van der Waals surface area contributed by atoms with Crippen molar-refractivity contribution in [2.24, 2.45) is 22.9 Å². The summed E-state index contributed by atoms with van der Waals surface area (Å²) in [4.78, 5) is 4.50. The van der Waals surface area contributed by atoms with E-state index in [0.29, 0.717) is 6.54 Å². The number of hydrogen-bond acceptors (Lipinski definition) is 4. The van der Waals surface area contributed by atoms with E-state index >= 15 is 0 Å². The molecule has 0 saturated heterocycles. The average molecular weight is 295 g/mol. The molecule has 6 nitrogen and oxygen atoms in total. The van der Waals surface area contributed by atoms with Crippen LogP contribution in [0.25, 0.3) is 0 Å². The van der Waals surface area contributed by atoms with Crippen LogP contribution in [0.3, 0.4) is 0 Å². The van der Waals surface area contributed by atoms with E-state index in [9.17, 15) is 0 Å². The topological polar surface area (TPSA) is 71.8 Å². The summed E-state index contributed by atoms with van der Waals surface area (Å²) < 4.78 is 1.87. The number of nitrogens with two attached hydrogens (primary N) is 1. The number of allylic oxidation sites excluding steroid dienone is 1. The van der Waals surface area contributed by atoms with E-state index < -0.39 is 0 Å². The largest absolute Gasteiger partial charge is 0.373 e. The first-order valence-electron chi connectivity index (χ1n) is 6.58. The van der Waals surface area contributed by atoms with Gasteiger partial charge in [0.2, 0.25) is 5.29 Å². The van der Waals surface area contributed by atoms with Crippen LogP contribution in [0.1, 0.15) is 25.5 Å². The van der Waals surface area contributed by atoms with Gasteiger partial charge in [0.1, 0.15) is 6.34 Å². The van der Waals surface area contributed by atoms with Crippen LogP contribution in [0, 0.1) is 0 Å². The number of nitrogens with zero attached hydrogens (tertiary/aromatic N) is 5. The Hall–Kier alpha value is -1.82. The highest BCUT2D eigenvalue weighted by Gasteiger charge is 2.15. The molecule has 0 aromatic carbocycles. The smallest absolute Gasteiger partial charge is 0.212 e. The Bertz CT molecular complexity index is 553. The highest BCUT2D eigenvalue weighted by molar-refractivity contribution is 6.64. The first-order chi connectivity index (χ1) is 9.60. The molecule has 1 aliphatic heterocycles. The number of aromatic nitrogens is 2. The Labute approximate surface area is 123 Å². The van der Waals surface area contributed by atoms with E-state index in [4.69, 9.17) is 17.3 Å². The van der Waals surface area contributed by atoms with Gasteiger partial charge in [-0.25, -0.2) is 10.0 Å². The molecule has 0 bridgehead atoms. The van der Waals surface area contributed by atoms with E-state index in [0.717, 1.165) is 30.7 Å². The van der Waals surface area contributed by atoms with Crippen LogP contribution >= 0.6 is 11.6 Å². The van der Waals surface area contributed by atoms with Gasteiger partial charge >= 0.3 is 0 Å². The maximum absolute atomic E-state index is 5.60. The predicted octanol–water partition coefficient (Wildman–Crippen LogP) is 1.83. The summed E-state index contributed by atoms with van der Waals surface area (Å²) in [6, 6.07) is 2.01. The second kappa shape index (κ2) is 6.56. The summed E-state index contributed by atoms with van der Waals surface area (Å²) in [5, 5.41) is 9.88. The lowest BCUT2D eigenvalue weighted by Gasteiger charge is -2.22. The van der Waals surface area contributed by atoms with Crippen molar-refractivity contribution in [3.05, 3.63) is 29.2 Å². The van der Waals surface area contributed by atoms with Crippen LogP contribution in [0.5, 0.6) is 0 Å². The molecule has 0 amide bonds. The van der Waals surface area contributed by atoms with E-state index in [2.05, 4.69) is 22.1 Å². The summed E-state index contributed by atoms with van der Waals surface area (Å²) in [7, 11) is 1.94. The maximum Gasteiger partial charge on any atom is 0.212 e. The fourth-order valence-corrected chi connectivity index (χ4v) is 2.28. The fraction of sp³-hybridized carbons (Fsp3) is 0.462. The average Bonchev–Trinajstić information content (AvgIpc) is 2.78. The van der Waals surface area contributed by atoms with E-state index in [1.165, 1.54) is 5.57 Å². The first kappa shape index (κ1) is 14.6. The molecule has 1 aromatic rings. The monoisotopic (exact) mass is 294 g/mol. The minimum absolute atomic E-state index is 0.0161. The van der Waals surface area contributed by atoms with Gasteiger partial charge < -0.3 is 5.73 Å². The van der Waals surface area contributed by atoms with Crippen LogP contribution in [-0.4, -0.2) is 33.0 Å². The zero-order valence-electron chi connectivity index (χ0n) is 11.8. The Morgan fingerprint density at radius 3 is 2.95 bits per heavy atom. The molecule has 2 heterocycles. The molecular weight excluding hydrogens is 276 g/mol. The maximum atomic E-state index is 5.60. The van der Waals surface area contributed by atoms with Crippen molar-refractivity contribution in [2.75, 3.05) is 6.54 Å². The molecule has 0 unspecified atom stereocenters. The van der Waals surface area contributed by atoms with Crippen molar-refractivity contribution in [1.82, 2.24) is 14.8 Å². The van der Waals surface area contributed by atoms with E-state index in [-0.39, 0.29) is 5.29 Å². The van der Waals surface area contributed by atoms with Crippen molar-refractivity contribution >= 4 is 23.2 Å². The Morgan fingerprint density at radius 2 is 2.35 bits per heavy atom. The lowest BCUT2D eigenvalue weighted by Crippen LogP contribution is -2.26.